The van der Waals surface area contributed by atoms with E-state index in [9.17, 15) is 0 Å². The van der Waals surface area contributed by atoms with Crippen LogP contribution in [0.1, 0.15) is 38.7 Å². The summed E-state index contributed by atoms with van der Waals surface area (Å²) in [6, 6.07) is 28.1. The second-order valence-electron chi connectivity index (χ2n) is 8.23. The third-order valence-corrected chi connectivity index (χ3v) is 5.77. The van der Waals surface area contributed by atoms with Crippen molar-refractivity contribution >= 4 is 5.57 Å². The molecule has 3 aromatic rings. The lowest BCUT2D eigenvalue weighted by Gasteiger charge is -2.32. The van der Waals surface area contributed by atoms with Crippen LogP contribution in [0.2, 0.25) is 0 Å². The zero-order chi connectivity index (χ0) is 22.2. The van der Waals surface area contributed by atoms with Gasteiger partial charge in [-0.25, -0.2) is 0 Å². The van der Waals surface area contributed by atoms with Gasteiger partial charge in [0.05, 0.1) is 13.2 Å². The minimum atomic E-state index is -0.615. The Bertz CT molecular complexity index is 1040. The molecule has 164 valence electrons. The van der Waals surface area contributed by atoms with Crippen molar-refractivity contribution in [2.75, 3.05) is 13.2 Å². The smallest absolute Gasteiger partial charge is 0.191 e. The maximum atomic E-state index is 6.07. The molecule has 1 aliphatic carbocycles. The topological polar surface area (TPSA) is 18.5 Å². The molecule has 0 unspecified atom stereocenters. The number of ether oxygens (including phenoxy) is 2. The van der Waals surface area contributed by atoms with E-state index in [1.54, 1.807) is 0 Å². The normalized spacial score (nSPS) is 14.9. The van der Waals surface area contributed by atoms with Gasteiger partial charge in [0, 0.05) is 6.42 Å². The van der Waals surface area contributed by atoms with Crippen molar-refractivity contribution in [3.05, 3.63) is 103 Å². The molecule has 2 nitrogen and oxygen atoms in total. The molecular weight excluding hydrogens is 392 g/mol. The van der Waals surface area contributed by atoms with Gasteiger partial charge in [0.15, 0.2) is 5.79 Å². The Morgan fingerprint density at radius 1 is 0.625 bits per heavy atom. The van der Waals surface area contributed by atoms with Crippen LogP contribution in [0.15, 0.2) is 97.1 Å². The summed E-state index contributed by atoms with van der Waals surface area (Å²) in [5.41, 5.74) is 7.36. The van der Waals surface area contributed by atoms with Crippen molar-refractivity contribution in [3.63, 3.8) is 0 Å². The summed E-state index contributed by atoms with van der Waals surface area (Å²) in [6.45, 7) is 5.65. The van der Waals surface area contributed by atoms with Crippen molar-refractivity contribution in [2.45, 2.75) is 38.9 Å². The maximum Gasteiger partial charge on any atom is 0.191 e. The highest BCUT2D eigenvalue weighted by molar-refractivity contribution is 5.77. The van der Waals surface area contributed by atoms with Gasteiger partial charge in [0.2, 0.25) is 0 Å². The average molecular weight is 425 g/mol. The predicted octanol–water partition coefficient (Wildman–Crippen LogP) is 7.91. The van der Waals surface area contributed by atoms with Gasteiger partial charge in [-0.05, 0) is 52.3 Å². The minimum Gasteiger partial charge on any atom is -0.346 e. The number of hydrogen-bond donors (Lipinski definition) is 0. The van der Waals surface area contributed by atoms with Crippen LogP contribution in [0.4, 0.5) is 0 Å². The summed E-state index contributed by atoms with van der Waals surface area (Å²) in [5.74, 6) is -0.615. The summed E-state index contributed by atoms with van der Waals surface area (Å²) in [5, 5.41) is 0. The molecule has 0 amide bonds. The van der Waals surface area contributed by atoms with E-state index in [1.807, 2.05) is 6.07 Å². The largest absolute Gasteiger partial charge is 0.346 e. The highest BCUT2D eigenvalue weighted by atomic mass is 16.7. The first-order valence-electron chi connectivity index (χ1n) is 11.7. The highest BCUT2D eigenvalue weighted by Gasteiger charge is 2.30. The molecule has 0 saturated heterocycles. The maximum absolute atomic E-state index is 6.07. The number of benzene rings is 3. The van der Waals surface area contributed by atoms with Crippen molar-refractivity contribution in [2.24, 2.45) is 0 Å². The molecule has 3 aromatic carbocycles. The monoisotopic (exact) mass is 424 g/mol. The van der Waals surface area contributed by atoms with Crippen LogP contribution in [-0.4, -0.2) is 19.0 Å². The lowest BCUT2D eigenvalue weighted by molar-refractivity contribution is -0.202. The lowest BCUT2D eigenvalue weighted by Crippen LogP contribution is -2.35. The van der Waals surface area contributed by atoms with Crippen LogP contribution in [0, 0.1) is 0 Å². The Labute approximate surface area is 192 Å². The second kappa shape index (κ2) is 10.6. The van der Waals surface area contributed by atoms with E-state index in [0.717, 1.165) is 19.3 Å². The van der Waals surface area contributed by atoms with Crippen molar-refractivity contribution < 1.29 is 9.47 Å². The van der Waals surface area contributed by atoms with Crippen LogP contribution in [0.5, 0.6) is 0 Å². The van der Waals surface area contributed by atoms with E-state index >= 15 is 0 Å². The third kappa shape index (κ3) is 5.27. The molecule has 0 spiro atoms. The number of allylic oxidation sites excluding steroid dienone is 2. The Balaban J connectivity index is 1.46. The molecule has 0 bridgehead atoms. The Morgan fingerprint density at radius 2 is 1.09 bits per heavy atom. The quantitative estimate of drug-likeness (QED) is 0.325. The summed E-state index contributed by atoms with van der Waals surface area (Å²) in [6.07, 6.45) is 9.16. The van der Waals surface area contributed by atoms with Gasteiger partial charge in [-0.15, -0.1) is 0 Å². The van der Waals surface area contributed by atoms with Gasteiger partial charge in [0.1, 0.15) is 0 Å². The van der Waals surface area contributed by atoms with Gasteiger partial charge >= 0.3 is 0 Å². The number of hydrogen-bond acceptors (Lipinski definition) is 2. The first-order chi connectivity index (χ1) is 15.7. The van der Waals surface area contributed by atoms with Crippen LogP contribution in [-0.2, 0) is 9.47 Å². The van der Waals surface area contributed by atoms with Gasteiger partial charge < -0.3 is 9.47 Å². The molecule has 0 saturated carbocycles. The SMILES string of the molecule is CCCOC1(OCCC)C=CC(c2ccc(-c3ccc(-c4ccccc4)cc3)cc2)=CC1. The molecule has 1 aliphatic rings. The van der Waals surface area contributed by atoms with Crippen LogP contribution >= 0.6 is 0 Å². The highest BCUT2D eigenvalue weighted by Crippen LogP contribution is 2.32. The molecule has 0 aromatic heterocycles. The fraction of sp³-hybridized carbons (Fsp3) is 0.267. The standard InChI is InChI=1S/C30H32O2/c1-3-22-31-30(32-23-4-2)20-18-29(19-21-30)28-16-14-27(15-17-28)26-12-10-25(11-13-26)24-8-6-5-7-9-24/h5-20H,3-4,21-23H2,1-2H3. The van der Waals surface area contributed by atoms with Crippen molar-refractivity contribution in [3.8, 4) is 22.3 Å². The van der Waals surface area contributed by atoms with Gasteiger partial charge in [-0.1, -0.05) is 105 Å². The zero-order valence-corrected chi connectivity index (χ0v) is 19.1. The number of rotatable bonds is 9. The summed E-state index contributed by atoms with van der Waals surface area (Å²) >= 11 is 0. The Hall–Kier alpha value is -2.94. The molecular formula is C30H32O2. The summed E-state index contributed by atoms with van der Waals surface area (Å²) < 4.78 is 12.1. The zero-order valence-electron chi connectivity index (χ0n) is 19.1. The fourth-order valence-corrected chi connectivity index (χ4v) is 3.97. The van der Waals surface area contributed by atoms with E-state index in [1.165, 1.54) is 33.4 Å². The summed E-state index contributed by atoms with van der Waals surface area (Å²) in [4.78, 5) is 0. The Morgan fingerprint density at radius 3 is 1.53 bits per heavy atom. The first kappa shape index (κ1) is 22.3. The van der Waals surface area contributed by atoms with E-state index in [4.69, 9.17) is 9.47 Å². The molecule has 0 heterocycles. The van der Waals surface area contributed by atoms with E-state index in [2.05, 4.69) is 105 Å². The molecule has 2 heteroatoms. The molecule has 0 aliphatic heterocycles. The lowest BCUT2D eigenvalue weighted by atomic mass is 9.94. The van der Waals surface area contributed by atoms with Crippen LogP contribution < -0.4 is 0 Å². The first-order valence-corrected chi connectivity index (χ1v) is 11.7. The Kier molecular flexibility index (Phi) is 7.36. The molecule has 32 heavy (non-hydrogen) atoms. The third-order valence-electron chi connectivity index (χ3n) is 5.77. The molecule has 0 N–H and O–H groups in total. The minimum absolute atomic E-state index is 0.615. The van der Waals surface area contributed by atoms with E-state index in [-0.39, 0.29) is 0 Å². The van der Waals surface area contributed by atoms with E-state index in [0.29, 0.717) is 13.2 Å². The molecule has 0 atom stereocenters. The second-order valence-corrected chi connectivity index (χ2v) is 8.23. The van der Waals surface area contributed by atoms with Gasteiger partial charge in [-0.2, -0.15) is 0 Å². The molecule has 0 radical (unpaired) electrons. The van der Waals surface area contributed by atoms with Crippen LogP contribution in [0.25, 0.3) is 27.8 Å². The van der Waals surface area contributed by atoms with Gasteiger partial charge in [0.25, 0.3) is 0 Å². The van der Waals surface area contributed by atoms with Crippen molar-refractivity contribution in [1.29, 1.82) is 0 Å². The predicted molar refractivity (Wildman–Crippen MR) is 134 cm³/mol. The molecule has 4 rings (SSSR count). The summed E-state index contributed by atoms with van der Waals surface area (Å²) in [7, 11) is 0. The van der Waals surface area contributed by atoms with Crippen LogP contribution in [0.3, 0.4) is 0 Å². The molecule has 0 fully saturated rings. The van der Waals surface area contributed by atoms with Gasteiger partial charge in [-0.3, -0.25) is 0 Å². The van der Waals surface area contributed by atoms with Crippen molar-refractivity contribution in [1.82, 2.24) is 0 Å². The average Bonchev–Trinajstić information content (AvgIpc) is 2.87. The van der Waals surface area contributed by atoms with E-state index < -0.39 is 5.79 Å². The fourth-order valence-electron chi connectivity index (χ4n) is 3.97.